The van der Waals surface area contributed by atoms with E-state index in [4.69, 9.17) is 4.74 Å². The minimum atomic E-state index is -0.0599. The molecule has 3 aromatic rings. The minimum Gasteiger partial charge on any atom is -0.369 e. The Morgan fingerprint density at radius 3 is 2.59 bits per heavy atom. The molecular weight excluding hydrogens is 356 g/mol. The van der Waals surface area contributed by atoms with Crippen LogP contribution in [0.15, 0.2) is 66.7 Å². The van der Waals surface area contributed by atoms with Crippen LogP contribution in [0, 0.1) is 5.92 Å². The van der Waals surface area contributed by atoms with E-state index in [2.05, 4.69) is 48.6 Å². The average molecular weight is 380 g/mol. The van der Waals surface area contributed by atoms with E-state index >= 15 is 0 Å². The molecule has 3 aromatic carbocycles. The van der Waals surface area contributed by atoms with Crippen molar-refractivity contribution in [2.24, 2.45) is 5.92 Å². The highest BCUT2D eigenvalue weighted by Crippen LogP contribution is 2.25. The van der Waals surface area contributed by atoms with Gasteiger partial charge in [0.1, 0.15) is 6.61 Å². The van der Waals surface area contributed by atoms with Crippen molar-refractivity contribution in [1.82, 2.24) is 0 Å². The van der Waals surface area contributed by atoms with Crippen LogP contribution in [0.1, 0.15) is 23.1 Å². The van der Waals surface area contributed by atoms with Crippen LogP contribution in [0.4, 0.5) is 0 Å². The van der Waals surface area contributed by atoms with Gasteiger partial charge in [0.05, 0.1) is 6.61 Å². The third-order valence-electron chi connectivity index (χ3n) is 6.07. The first-order valence-corrected chi connectivity index (χ1v) is 10.4. The molecule has 2 aliphatic rings. The molecule has 0 spiro atoms. The first-order chi connectivity index (χ1) is 14.3. The van der Waals surface area contributed by atoms with Gasteiger partial charge in [-0.15, -0.1) is 0 Å². The van der Waals surface area contributed by atoms with E-state index < -0.39 is 0 Å². The molecule has 1 unspecified atom stereocenters. The molecule has 0 heterocycles. The molecule has 0 bridgehead atoms. The SMILES string of the molecule is O=C(COCc1ccccc1)C1C=c2c(ccc3c2=CCc2ccccc2-3)CC1. The lowest BCUT2D eigenvalue weighted by molar-refractivity contribution is -0.126. The summed E-state index contributed by atoms with van der Waals surface area (Å²) in [7, 11) is 0. The molecule has 0 fully saturated rings. The molecule has 2 heteroatoms. The number of hydrogen-bond acceptors (Lipinski definition) is 2. The van der Waals surface area contributed by atoms with Gasteiger partial charge in [0.2, 0.25) is 0 Å². The fourth-order valence-corrected chi connectivity index (χ4v) is 4.52. The van der Waals surface area contributed by atoms with Gasteiger partial charge in [-0.3, -0.25) is 4.79 Å². The van der Waals surface area contributed by atoms with Crippen molar-refractivity contribution in [3.05, 3.63) is 93.9 Å². The molecule has 29 heavy (non-hydrogen) atoms. The first kappa shape index (κ1) is 18.1. The van der Waals surface area contributed by atoms with Crippen LogP contribution < -0.4 is 10.4 Å². The summed E-state index contributed by atoms with van der Waals surface area (Å²) in [5, 5.41) is 2.55. The molecule has 0 N–H and O–H groups in total. The van der Waals surface area contributed by atoms with Gasteiger partial charge in [-0.2, -0.15) is 0 Å². The Kier molecular flexibility index (Phi) is 4.87. The summed E-state index contributed by atoms with van der Waals surface area (Å²) in [5.74, 6) is 0.121. The topological polar surface area (TPSA) is 26.3 Å². The molecule has 0 amide bonds. The highest BCUT2D eigenvalue weighted by molar-refractivity contribution is 5.88. The standard InChI is InChI=1S/C27H24O2/c28-27(18-29-17-19-6-2-1-3-7-19)22-11-10-21-13-14-24-23-9-5-4-8-20(23)12-15-25(24)26(21)16-22/h1-9,13-16,22H,10-12,17-18H2. The third kappa shape index (κ3) is 3.56. The minimum absolute atomic E-state index is 0.0599. The molecule has 0 radical (unpaired) electrons. The molecule has 1 atom stereocenters. The third-order valence-corrected chi connectivity index (χ3v) is 6.07. The highest BCUT2D eigenvalue weighted by atomic mass is 16.5. The summed E-state index contributed by atoms with van der Waals surface area (Å²) >= 11 is 0. The van der Waals surface area contributed by atoms with Crippen molar-refractivity contribution in [2.45, 2.75) is 25.9 Å². The second-order valence-electron chi connectivity index (χ2n) is 7.92. The van der Waals surface area contributed by atoms with Crippen molar-refractivity contribution in [2.75, 3.05) is 6.61 Å². The van der Waals surface area contributed by atoms with E-state index in [0.717, 1.165) is 24.8 Å². The van der Waals surface area contributed by atoms with E-state index in [-0.39, 0.29) is 18.3 Å². The van der Waals surface area contributed by atoms with Crippen molar-refractivity contribution in [3.63, 3.8) is 0 Å². The highest BCUT2D eigenvalue weighted by Gasteiger charge is 2.22. The van der Waals surface area contributed by atoms with Crippen LogP contribution >= 0.6 is 0 Å². The number of rotatable bonds is 5. The van der Waals surface area contributed by atoms with E-state index in [9.17, 15) is 4.79 Å². The lowest BCUT2D eigenvalue weighted by atomic mass is 9.83. The maximum Gasteiger partial charge on any atom is 0.165 e. The van der Waals surface area contributed by atoms with Crippen LogP contribution in [0.25, 0.3) is 23.3 Å². The van der Waals surface area contributed by atoms with Crippen LogP contribution in [-0.4, -0.2) is 12.4 Å². The fourth-order valence-electron chi connectivity index (χ4n) is 4.52. The van der Waals surface area contributed by atoms with Gasteiger partial charge in [-0.1, -0.05) is 78.9 Å². The predicted molar refractivity (Wildman–Crippen MR) is 117 cm³/mol. The lowest BCUT2D eigenvalue weighted by Gasteiger charge is -2.21. The number of carbonyl (C=O) groups excluding carboxylic acids is 1. The molecule has 144 valence electrons. The Balaban J connectivity index is 1.39. The van der Waals surface area contributed by atoms with E-state index in [0.29, 0.717) is 6.61 Å². The number of carbonyl (C=O) groups is 1. The van der Waals surface area contributed by atoms with Crippen LogP contribution in [0.2, 0.25) is 0 Å². The molecule has 0 aliphatic heterocycles. The number of fused-ring (bicyclic) bond motifs is 5. The predicted octanol–water partition coefficient (Wildman–Crippen LogP) is 3.82. The quantitative estimate of drug-likeness (QED) is 0.673. The van der Waals surface area contributed by atoms with Gasteiger partial charge in [-0.25, -0.2) is 0 Å². The van der Waals surface area contributed by atoms with Crippen molar-refractivity contribution in [3.8, 4) is 11.1 Å². The number of aryl methyl sites for hydroxylation is 1. The monoisotopic (exact) mass is 380 g/mol. The summed E-state index contributed by atoms with van der Waals surface area (Å²) in [6, 6.07) is 23.1. The van der Waals surface area contributed by atoms with E-state index in [1.54, 1.807) is 0 Å². The second-order valence-corrected chi connectivity index (χ2v) is 7.92. The van der Waals surface area contributed by atoms with Crippen molar-refractivity contribution < 1.29 is 9.53 Å². The smallest absolute Gasteiger partial charge is 0.165 e. The van der Waals surface area contributed by atoms with Gasteiger partial charge in [-0.05, 0) is 57.5 Å². The van der Waals surface area contributed by atoms with Gasteiger partial charge in [0, 0.05) is 5.92 Å². The molecule has 2 aliphatic carbocycles. The second kappa shape index (κ2) is 7.81. The summed E-state index contributed by atoms with van der Waals surface area (Å²) in [6.45, 7) is 0.656. The lowest BCUT2D eigenvalue weighted by Crippen LogP contribution is -2.37. The van der Waals surface area contributed by atoms with Gasteiger partial charge in [0.25, 0.3) is 0 Å². The van der Waals surface area contributed by atoms with Crippen LogP contribution in [0.5, 0.6) is 0 Å². The first-order valence-electron chi connectivity index (χ1n) is 10.4. The van der Waals surface area contributed by atoms with Crippen LogP contribution in [0.3, 0.4) is 0 Å². The van der Waals surface area contributed by atoms with Crippen LogP contribution in [-0.2, 0) is 29.0 Å². The zero-order chi connectivity index (χ0) is 19.6. The Bertz CT molecular complexity index is 1170. The Hall–Kier alpha value is -2.97. The zero-order valence-electron chi connectivity index (χ0n) is 16.4. The van der Waals surface area contributed by atoms with Crippen molar-refractivity contribution in [1.29, 1.82) is 0 Å². The summed E-state index contributed by atoms with van der Waals surface area (Å²) in [6.07, 6.45) is 7.29. The maximum atomic E-state index is 12.8. The van der Waals surface area contributed by atoms with Gasteiger partial charge >= 0.3 is 0 Å². The average Bonchev–Trinajstić information content (AvgIpc) is 2.79. The molecule has 0 saturated carbocycles. The number of Topliss-reactive ketones (excluding diaryl/α,β-unsaturated/α-hetero) is 1. The summed E-state index contributed by atoms with van der Waals surface area (Å²) in [5.41, 5.74) is 6.43. The molecular formula is C27H24O2. The van der Waals surface area contributed by atoms with Gasteiger partial charge < -0.3 is 4.74 Å². The van der Waals surface area contributed by atoms with E-state index in [1.807, 2.05) is 30.3 Å². The van der Waals surface area contributed by atoms with Crippen molar-refractivity contribution >= 4 is 17.9 Å². The molecule has 2 nitrogen and oxygen atoms in total. The van der Waals surface area contributed by atoms with E-state index in [1.165, 1.54) is 32.7 Å². The zero-order valence-corrected chi connectivity index (χ0v) is 16.4. The summed E-state index contributed by atoms with van der Waals surface area (Å²) in [4.78, 5) is 12.8. The normalized spacial score (nSPS) is 16.6. The largest absolute Gasteiger partial charge is 0.369 e. The molecule has 0 aromatic heterocycles. The molecule has 0 saturated heterocycles. The fraction of sp³-hybridized carbons (Fsp3) is 0.222. The Morgan fingerprint density at radius 2 is 1.69 bits per heavy atom. The number of ether oxygens (including phenoxy) is 1. The molecule has 5 rings (SSSR count). The van der Waals surface area contributed by atoms with Gasteiger partial charge in [0.15, 0.2) is 5.78 Å². The number of benzene rings is 3. The summed E-state index contributed by atoms with van der Waals surface area (Å²) < 4.78 is 5.70. The maximum absolute atomic E-state index is 12.8. The Morgan fingerprint density at radius 1 is 0.862 bits per heavy atom. The number of hydrogen-bond donors (Lipinski definition) is 0. The number of ketones is 1. The Labute approximate surface area is 171 Å².